The minimum atomic E-state index is -1.00. The van der Waals surface area contributed by atoms with Crippen LogP contribution < -0.4 is 26.3 Å². The standard InChI is InChI=1S/C20H19N5O8S/c1-31-12-6-10(11(25(29)30)7-13(12)32-2)18-23-24(20(28)33-18)8-15(26)22-19-16(17(21)27)9-4-3-5-14(9)34-19/h6-7H,3-5,8H2,1-2H3,(H2,21,27)(H,22,26). The van der Waals surface area contributed by atoms with Crippen molar-refractivity contribution in [3.8, 4) is 23.0 Å². The van der Waals surface area contributed by atoms with E-state index in [1.807, 2.05) is 0 Å². The second-order valence-corrected chi connectivity index (χ2v) is 8.39. The van der Waals surface area contributed by atoms with Crippen LogP contribution in [0.15, 0.2) is 21.3 Å². The molecule has 0 fully saturated rings. The average molecular weight is 489 g/mol. The number of benzene rings is 1. The molecule has 0 unspecified atom stereocenters. The molecule has 0 radical (unpaired) electrons. The third-order valence-corrected chi connectivity index (χ3v) is 6.46. The largest absolute Gasteiger partial charge is 0.493 e. The summed E-state index contributed by atoms with van der Waals surface area (Å²) in [7, 11) is 2.66. The highest BCUT2D eigenvalue weighted by Gasteiger charge is 2.28. The summed E-state index contributed by atoms with van der Waals surface area (Å²) < 4.78 is 16.0. The molecule has 2 amide bonds. The van der Waals surface area contributed by atoms with Crippen LogP contribution in [0.5, 0.6) is 11.5 Å². The van der Waals surface area contributed by atoms with E-state index >= 15 is 0 Å². The summed E-state index contributed by atoms with van der Waals surface area (Å²) >= 11 is 1.27. The van der Waals surface area contributed by atoms with Crippen LogP contribution in [0.25, 0.3) is 11.5 Å². The van der Waals surface area contributed by atoms with E-state index in [0.717, 1.165) is 34.0 Å². The second kappa shape index (κ2) is 8.97. The fourth-order valence-electron chi connectivity index (χ4n) is 3.76. The van der Waals surface area contributed by atoms with Crippen LogP contribution in [0.2, 0.25) is 0 Å². The van der Waals surface area contributed by atoms with Crippen molar-refractivity contribution in [2.75, 3.05) is 19.5 Å². The third-order valence-electron chi connectivity index (χ3n) is 5.25. The zero-order valence-corrected chi connectivity index (χ0v) is 18.9. The number of thiophene rings is 1. The van der Waals surface area contributed by atoms with E-state index in [-0.39, 0.29) is 28.5 Å². The Morgan fingerprint density at radius 2 is 2.00 bits per heavy atom. The molecule has 2 heterocycles. The monoisotopic (exact) mass is 489 g/mol. The third kappa shape index (κ3) is 4.10. The number of nitro groups is 1. The molecular formula is C20H19N5O8S. The van der Waals surface area contributed by atoms with Gasteiger partial charge in [0.15, 0.2) is 11.5 Å². The molecule has 1 aliphatic rings. The van der Waals surface area contributed by atoms with Crippen LogP contribution in [0.3, 0.4) is 0 Å². The van der Waals surface area contributed by atoms with Gasteiger partial charge in [-0.25, -0.2) is 4.79 Å². The number of hydrogen-bond acceptors (Lipinski definition) is 10. The van der Waals surface area contributed by atoms with E-state index in [0.29, 0.717) is 11.4 Å². The summed E-state index contributed by atoms with van der Waals surface area (Å²) in [5.41, 5.74) is 6.04. The zero-order chi connectivity index (χ0) is 24.6. The van der Waals surface area contributed by atoms with Crippen LogP contribution in [-0.2, 0) is 24.2 Å². The Labute approximate surface area is 195 Å². The molecule has 0 aliphatic heterocycles. The average Bonchev–Trinajstić information content (AvgIpc) is 3.47. The lowest BCUT2D eigenvalue weighted by atomic mass is 10.1. The number of ether oxygens (including phenoxy) is 2. The zero-order valence-electron chi connectivity index (χ0n) is 18.1. The molecule has 2 aromatic heterocycles. The molecule has 0 saturated carbocycles. The summed E-state index contributed by atoms with van der Waals surface area (Å²) in [6.07, 6.45) is 2.41. The topological polar surface area (TPSA) is 182 Å². The number of nitro benzene ring substituents is 1. The number of nitrogens with zero attached hydrogens (tertiary/aromatic N) is 3. The summed E-state index contributed by atoms with van der Waals surface area (Å²) in [5, 5.41) is 18.4. The molecule has 4 rings (SSSR count). The summed E-state index contributed by atoms with van der Waals surface area (Å²) in [4.78, 5) is 48.6. The van der Waals surface area contributed by atoms with Gasteiger partial charge in [-0.3, -0.25) is 19.7 Å². The van der Waals surface area contributed by atoms with Crippen molar-refractivity contribution in [3.05, 3.63) is 48.8 Å². The molecule has 178 valence electrons. The minimum Gasteiger partial charge on any atom is -0.493 e. The van der Waals surface area contributed by atoms with Gasteiger partial charge in [0.25, 0.3) is 17.5 Å². The lowest BCUT2D eigenvalue weighted by molar-refractivity contribution is -0.384. The van der Waals surface area contributed by atoms with Crippen LogP contribution in [-0.4, -0.2) is 40.7 Å². The Hall–Kier alpha value is -4.20. The number of amides is 2. The first kappa shape index (κ1) is 23.0. The van der Waals surface area contributed by atoms with E-state index in [2.05, 4.69) is 10.4 Å². The van der Waals surface area contributed by atoms with Crippen molar-refractivity contribution in [1.29, 1.82) is 0 Å². The molecule has 0 saturated heterocycles. The Kier molecular flexibility index (Phi) is 6.06. The normalized spacial score (nSPS) is 12.3. The highest BCUT2D eigenvalue weighted by molar-refractivity contribution is 7.17. The van der Waals surface area contributed by atoms with Crippen molar-refractivity contribution in [2.24, 2.45) is 5.73 Å². The second-order valence-electron chi connectivity index (χ2n) is 7.29. The van der Waals surface area contributed by atoms with Gasteiger partial charge in [-0.2, -0.15) is 4.68 Å². The predicted molar refractivity (Wildman–Crippen MR) is 119 cm³/mol. The number of methoxy groups -OCH3 is 2. The van der Waals surface area contributed by atoms with Crippen molar-refractivity contribution in [1.82, 2.24) is 9.78 Å². The molecule has 0 atom stereocenters. The number of anilines is 1. The SMILES string of the molecule is COc1cc(-c2nn(CC(=O)Nc3sc4c(c3C(N)=O)CCC4)c(=O)o2)c([N+](=O)[O-])cc1OC. The number of fused-ring (bicyclic) bond motifs is 1. The molecule has 1 aliphatic carbocycles. The van der Waals surface area contributed by atoms with E-state index in [4.69, 9.17) is 19.6 Å². The molecule has 14 heteroatoms. The van der Waals surface area contributed by atoms with Crippen molar-refractivity contribution < 1.29 is 28.4 Å². The first-order chi connectivity index (χ1) is 16.2. The summed E-state index contributed by atoms with van der Waals surface area (Å²) in [5.74, 6) is -2.41. The van der Waals surface area contributed by atoms with Gasteiger partial charge in [-0.05, 0) is 24.8 Å². The fraction of sp³-hybridized carbons (Fsp3) is 0.300. The first-order valence-electron chi connectivity index (χ1n) is 9.96. The van der Waals surface area contributed by atoms with E-state index in [1.165, 1.54) is 31.6 Å². The maximum Gasteiger partial charge on any atom is 0.437 e. The van der Waals surface area contributed by atoms with Crippen LogP contribution in [0.1, 0.15) is 27.2 Å². The number of primary amides is 1. The number of carbonyl (C=O) groups is 2. The Balaban J connectivity index is 1.62. The van der Waals surface area contributed by atoms with Gasteiger partial charge in [0.2, 0.25) is 5.91 Å². The minimum absolute atomic E-state index is 0.104. The Bertz CT molecular complexity index is 1370. The Morgan fingerprint density at radius 1 is 1.29 bits per heavy atom. The summed E-state index contributed by atoms with van der Waals surface area (Å²) in [6, 6.07) is 2.36. The maximum absolute atomic E-state index is 12.6. The van der Waals surface area contributed by atoms with Gasteiger partial charge in [-0.1, -0.05) is 0 Å². The van der Waals surface area contributed by atoms with Crippen molar-refractivity contribution in [2.45, 2.75) is 25.8 Å². The number of aromatic nitrogens is 2. The molecule has 3 N–H and O–H groups in total. The first-order valence-corrected chi connectivity index (χ1v) is 10.8. The van der Waals surface area contributed by atoms with Gasteiger partial charge in [0.05, 0.1) is 30.8 Å². The Morgan fingerprint density at radius 3 is 2.65 bits per heavy atom. The van der Waals surface area contributed by atoms with Crippen LogP contribution in [0.4, 0.5) is 10.7 Å². The van der Waals surface area contributed by atoms with E-state index in [9.17, 15) is 24.5 Å². The van der Waals surface area contributed by atoms with Gasteiger partial charge < -0.3 is 24.9 Å². The molecular weight excluding hydrogens is 470 g/mol. The highest BCUT2D eigenvalue weighted by atomic mass is 32.1. The number of nitrogens with one attached hydrogen (secondary N) is 1. The van der Waals surface area contributed by atoms with Gasteiger partial charge in [-0.15, -0.1) is 16.4 Å². The predicted octanol–water partition coefficient (Wildman–Crippen LogP) is 1.72. The smallest absolute Gasteiger partial charge is 0.437 e. The number of nitrogens with two attached hydrogens (primary N) is 1. The maximum atomic E-state index is 12.6. The molecule has 34 heavy (non-hydrogen) atoms. The van der Waals surface area contributed by atoms with Crippen molar-refractivity contribution >= 4 is 33.8 Å². The van der Waals surface area contributed by atoms with Crippen molar-refractivity contribution in [3.63, 3.8) is 0 Å². The van der Waals surface area contributed by atoms with Gasteiger partial charge >= 0.3 is 5.76 Å². The molecule has 1 aromatic carbocycles. The highest BCUT2D eigenvalue weighted by Crippen LogP contribution is 2.40. The van der Waals surface area contributed by atoms with Crippen LogP contribution in [0, 0.1) is 10.1 Å². The van der Waals surface area contributed by atoms with E-state index in [1.54, 1.807) is 0 Å². The molecule has 13 nitrogen and oxygen atoms in total. The van der Waals surface area contributed by atoms with Crippen LogP contribution >= 0.6 is 11.3 Å². The number of rotatable bonds is 8. The fourth-order valence-corrected chi connectivity index (χ4v) is 5.07. The number of aryl methyl sites for hydroxylation is 1. The lowest BCUT2D eigenvalue weighted by Gasteiger charge is -2.08. The number of carbonyl (C=O) groups excluding carboxylic acids is 2. The summed E-state index contributed by atoms with van der Waals surface area (Å²) in [6.45, 7) is -0.551. The van der Waals surface area contributed by atoms with Gasteiger partial charge in [0.1, 0.15) is 17.1 Å². The molecule has 0 bridgehead atoms. The van der Waals surface area contributed by atoms with E-state index < -0.39 is 34.7 Å². The lowest BCUT2D eigenvalue weighted by Crippen LogP contribution is -2.26. The number of hydrogen-bond donors (Lipinski definition) is 2. The molecule has 3 aromatic rings. The quantitative estimate of drug-likeness (QED) is 0.351. The van der Waals surface area contributed by atoms with Gasteiger partial charge in [0, 0.05) is 10.9 Å². The molecule has 0 spiro atoms.